The van der Waals surface area contributed by atoms with E-state index in [9.17, 15) is 43.5 Å². The number of rotatable bonds is 18. The molecule has 0 spiro atoms. The Kier molecular flexibility index (Phi) is 20.4. The zero-order valence-corrected chi connectivity index (χ0v) is 30.9. The number of nitrogens with one attached hydrogen (secondary N) is 7. The summed E-state index contributed by atoms with van der Waals surface area (Å²) >= 11 is 0. The highest BCUT2D eigenvalue weighted by Crippen LogP contribution is 2.09. The zero-order valence-electron chi connectivity index (χ0n) is 30.9. The van der Waals surface area contributed by atoms with E-state index in [0.717, 1.165) is 0 Å². The quantitative estimate of drug-likeness (QED) is 0.0320. The molecule has 1 aromatic carbocycles. The molecule has 7 amide bonds. The molecule has 1 aliphatic heterocycles. The maximum atomic E-state index is 13.9. The zero-order chi connectivity index (χ0) is 40.6. The van der Waals surface area contributed by atoms with Crippen molar-refractivity contribution in [2.24, 2.45) is 16.5 Å². The fraction of sp³-hybridized carbons (Fsp3) is 0.528. The Balaban J connectivity index is 2.26. The number of carboxylic acids is 1. The first-order valence-electron chi connectivity index (χ1n) is 18.0. The number of hydrogen-bond donors (Lipinski definition) is 10. The van der Waals surface area contributed by atoms with Gasteiger partial charge in [0.1, 0.15) is 24.2 Å². The topological polar surface area (TPSA) is 305 Å². The van der Waals surface area contributed by atoms with Gasteiger partial charge in [-0.1, -0.05) is 36.3 Å². The van der Waals surface area contributed by atoms with Gasteiger partial charge in [-0.2, -0.15) is 0 Å². The van der Waals surface area contributed by atoms with Crippen molar-refractivity contribution in [1.82, 2.24) is 37.2 Å². The molecule has 0 saturated carbocycles. The molecule has 0 aromatic heterocycles. The van der Waals surface area contributed by atoms with E-state index < -0.39 is 72.6 Å². The van der Waals surface area contributed by atoms with Crippen molar-refractivity contribution < 1.29 is 43.5 Å². The highest BCUT2D eigenvalue weighted by Gasteiger charge is 2.33. The number of nitrogens with zero attached hydrogens (tertiary/aromatic N) is 1. The van der Waals surface area contributed by atoms with Crippen LogP contribution in [-0.2, 0) is 44.8 Å². The number of carbonyl (C=O) groups excluding carboxylic acids is 7. The highest BCUT2D eigenvalue weighted by molar-refractivity contribution is 5.98. The summed E-state index contributed by atoms with van der Waals surface area (Å²) < 4.78 is 0. The van der Waals surface area contributed by atoms with Gasteiger partial charge in [0.25, 0.3) is 0 Å². The molecule has 19 heteroatoms. The average molecular weight is 769 g/mol. The Morgan fingerprint density at radius 1 is 0.782 bits per heavy atom. The molecule has 0 radical (unpaired) electrons. The van der Waals surface area contributed by atoms with Crippen molar-refractivity contribution in [3.8, 4) is 11.8 Å². The molecule has 300 valence electrons. The number of carbonyl (C=O) groups is 8. The van der Waals surface area contributed by atoms with Crippen LogP contribution in [0.5, 0.6) is 0 Å². The van der Waals surface area contributed by atoms with E-state index in [4.69, 9.17) is 11.5 Å². The van der Waals surface area contributed by atoms with Crippen LogP contribution in [0.4, 0.5) is 0 Å². The summed E-state index contributed by atoms with van der Waals surface area (Å²) in [5.74, 6) is -0.755. The van der Waals surface area contributed by atoms with Crippen molar-refractivity contribution in [2.75, 3.05) is 26.2 Å². The second kappa shape index (κ2) is 24.9. The third-order valence-electron chi connectivity index (χ3n) is 8.18. The van der Waals surface area contributed by atoms with Crippen molar-refractivity contribution in [2.45, 2.75) is 95.3 Å². The normalized spacial score (nSPS) is 19.3. The predicted octanol–water partition coefficient (Wildman–Crippen LogP) is -2.58. The van der Waals surface area contributed by atoms with Gasteiger partial charge in [0.15, 0.2) is 5.96 Å². The first-order chi connectivity index (χ1) is 26.3. The number of benzene rings is 1. The molecular weight excluding hydrogens is 716 g/mol. The lowest BCUT2D eigenvalue weighted by Gasteiger charge is -2.26. The van der Waals surface area contributed by atoms with Crippen LogP contribution < -0.4 is 48.7 Å². The summed E-state index contributed by atoms with van der Waals surface area (Å²) in [7, 11) is 0. The molecule has 19 nitrogen and oxygen atoms in total. The average Bonchev–Trinajstić information content (AvgIpc) is 3.13. The maximum absolute atomic E-state index is 13.9. The van der Waals surface area contributed by atoms with Crippen molar-refractivity contribution in [3.05, 3.63) is 35.9 Å². The van der Waals surface area contributed by atoms with Gasteiger partial charge in [0.2, 0.25) is 41.4 Å². The number of carboxylic acid groups (broad SMARTS) is 1. The molecule has 4 atom stereocenters. The van der Waals surface area contributed by atoms with Gasteiger partial charge >= 0.3 is 5.97 Å². The molecule has 1 saturated heterocycles. The van der Waals surface area contributed by atoms with E-state index in [1.165, 1.54) is 0 Å². The molecule has 0 aliphatic carbocycles. The lowest BCUT2D eigenvalue weighted by atomic mass is 10.0. The number of aliphatic carboxylic acids is 1. The van der Waals surface area contributed by atoms with Crippen LogP contribution in [-0.4, -0.2) is 109 Å². The molecule has 1 heterocycles. The smallest absolute Gasteiger partial charge is 0.305 e. The number of amides is 7. The van der Waals surface area contributed by atoms with Crippen molar-refractivity contribution in [1.29, 1.82) is 0 Å². The van der Waals surface area contributed by atoms with Crippen LogP contribution in [0.25, 0.3) is 0 Å². The molecule has 1 fully saturated rings. The lowest BCUT2D eigenvalue weighted by Crippen LogP contribution is -2.58. The second-order valence-electron chi connectivity index (χ2n) is 12.7. The lowest BCUT2D eigenvalue weighted by molar-refractivity contribution is -0.141. The Morgan fingerprint density at radius 3 is 2.04 bits per heavy atom. The number of hydrogen-bond acceptors (Lipinski definition) is 9. The van der Waals surface area contributed by atoms with E-state index in [-0.39, 0.29) is 75.9 Å². The van der Waals surface area contributed by atoms with Gasteiger partial charge in [-0.25, -0.2) is 0 Å². The second-order valence-corrected chi connectivity index (χ2v) is 12.7. The molecule has 1 aliphatic rings. The number of aliphatic imine (C=N–C) groups is 1. The Bertz CT molecular complexity index is 1590. The van der Waals surface area contributed by atoms with Crippen LogP contribution in [0, 0.1) is 11.8 Å². The molecule has 4 unspecified atom stereocenters. The minimum atomic E-state index is -1.60. The van der Waals surface area contributed by atoms with Gasteiger partial charge in [0.05, 0.1) is 19.5 Å². The summed E-state index contributed by atoms with van der Waals surface area (Å²) in [6.45, 7) is 1.62. The predicted molar refractivity (Wildman–Crippen MR) is 200 cm³/mol. The number of unbranched alkanes of at least 4 members (excludes halogenated alkanes) is 1. The summed E-state index contributed by atoms with van der Waals surface area (Å²) in [4.78, 5) is 107. The van der Waals surface area contributed by atoms with Gasteiger partial charge in [-0.05, 0) is 51.0 Å². The monoisotopic (exact) mass is 768 g/mol. The first-order valence-corrected chi connectivity index (χ1v) is 18.0. The Morgan fingerprint density at radius 2 is 1.38 bits per heavy atom. The largest absolute Gasteiger partial charge is 0.481 e. The minimum absolute atomic E-state index is 0.0372. The fourth-order valence-corrected chi connectivity index (χ4v) is 5.36. The molecule has 55 heavy (non-hydrogen) atoms. The highest BCUT2D eigenvalue weighted by atomic mass is 16.4. The number of nitrogens with two attached hydrogens (primary N) is 2. The molecule has 1 aromatic rings. The summed E-state index contributed by atoms with van der Waals surface area (Å²) in [6.07, 6.45) is 0.847. The molecule has 2 rings (SSSR count). The van der Waals surface area contributed by atoms with E-state index in [1.807, 2.05) is 0 Å². The minimum Gasteiger partial charge on any atom is -0.481 e. The molecule has 0 bridgehead atoms. The van der Waals surface area contributed by atoms with Gasteiger partial charge in [-0.3, -0.25) is 43.3 Å². The SMILES string of the molecule is CC#CCNC(=O)CCCC(=O)NCCCCC1NC(=O)C(Cc2ccccc2)NC(=O)C(CC(=O)O)NC(=O)CNC(=O)C(CCCN=C(N)N)NC1=O. The Labute approximate surface area is 319 Å². The van der Waals surface area contributed by atoms with Gasteiger partial charge < -0.3 is 53.8 Å². The standard InChI is InChI=1S/C36H52N10O9/c1-2-3-17-39-28(47)15-9-16-29(48)40-18-8-7-13-25-33(53)44-24(14-10-19-41-36(37)38)32(52)42-22-30(49)43-27(21-31(50)51)35(55)46-26(34(54)45-25)20-23-11-5-4-6-12-23/h4-6,11-12,24-27H,7-10,13-22H2,1H3,(H,39,47)(H,40,48)(H,42,52)(H,43,49)(H,44,53)(H,45,54)(H,46,55)(H,50,51)(H4,37,38,41). The first kappa shape index (κ1) is 45.0. The van der Waals surface area contributed by atoms with Crippen LogP contribution in [0.1, 0.15) is 70.3 Å². The van der Waals surface area contributed by atoms with E-state index >= 15 is 0 Å². The third kappa shape index (κ3) is 18.9. The summed E-state index contributed by atoms with van der Waals surface area (Å²) in [6, 6.07) is 3.31. The number of guanidine groups is 1. The third-order valence-corrected chi connectivity index (χ3v) is 8.18. The van der Waals surface area contributed by atoms with Gasteiger partial charge in [0, 0.05) is 32.4 Å². The van der Waals surface area contributed by atoms with E-state index in [0.29, 0.717) is 24.8 Å². The fourth-order valence-electron chi connectivity index (χ4n) is 5.36. The maximum Gasteiger partial charge on any atom is 0.305 e. The van der Waals surface area contributed by atoms with Gasteiger partial charge in [-0.15, -0.1) is 5.92 Å². The van der Waals surface area contributed by atoms with Crippen molar-refractivity contribution in [3.63, 3.8) is 0 Å². The molecular formula is C36H52N10O9. The van der Waals surface area contributed by atoms with E-state index in [1.54, 1.807) is 37.3 Å². The van der Waals surface area contributed by atoms with Crippen molar-refractivity contribution >= 4 is 53.3 Å². The van der Waals surface area contributed by atoms with Crippen LogP contribution >= 0.6 is 0 Å². The summed E-state index contributed by atoms with van der Waals surface area (Å²) in [5, 5.41) is 27.4. The molecule has 12 N–H and O–H groups in total. The van der Waals surface area contributed by atoms with Crippen LogP contribution in [0.15, 0.2) is 35.3 Å². The summed E-state index contributed by atoms with van der Waals surface area (Å²) in [5.41, 5.74) is 11.4. The van der Waals surface area contributed by atoms with Crippen LogP contribution in [0.3, 0.4) is 0 Å². The van der Waals surface area contributed by atoms with Crippen LogP contribution in [0.2, 0.25) is 0 Å². The van der Waals surface area contributed by atoms with E-state index in [2.05, 4.69) is 54.1 Å². The Hall–Kier alpha value is -6.19.